The van der Waals surface area contributed by atoms with E-state index in [9.17, 15) is 14.4 Å². The lowest BCUT2D eigenvalue weighted by Gasteiger charge is -2.14. The molecule has 3 heterocycles. The summed E-state index contributed by atoms with van der Waals surface area (Å²) in [6.07, 6.45) is 2.12. The standard InChI is InChI=1S/C23H25N3O5/c1-14-10-19(15(2)26(14)12-16-6-5-9-30-16)21(27)13-31-22(28)11-20-17-7-3-4-8-18(17)23(29)25-24-20/h3-4,7-8,10,16H,5-6,9,11-13H2,1-2H3,(H,25,29)/t16-/m1/s1. The fraction of sp³-hybridized carbons (Fsp3) is 0.391. The Morgan fingerprint density at radius 1 is 1.26 bits per heavy atom. The molecule has 1 fully saturated rings. The van der Waals surface area contributed by atoms with Crippen LogP contribution in [0.25, 0.3) is 10.8 Å². The summed E-state index contributed by atoms with van der Waals surface area (Å²) in [5, 5.41) is 7.41. The summed E-state index contributed by atoms with van der Waals surface area (Å²) < 4.78 is 13.0. The maximum atomic E-state index is 12.7. The average molecular weight is 423 g/mol. The second-order valence-electron chi connectivity index (χ2n) is 7.84. The highest BCUT2D eigenvalue weighted by Crippen LogP contribution is 2.21. The molecule has 0 saturated carbocycles. The molecule has 0 spiro atoms. The third-order valence-corrected chi connectivity index (χ3v) is 5.74. The Hall–Kier alpha value is -3.26. The number of hydrogen-bond donors (Lipinski definition) is 1. The van der Waals surface area contributed by atoms with Crippen LogP contribution in [0.1, 0.15) is 40.3 Å². The van der Waals surface area contributed by atoms with Crippen molar-refractivity contribution in [1.29, 1.82) is 0 Å². The molecule has 2 aromatic heterocycles. The second kappa shape index (κ2) is 8.85. The molecule has 0 amide bonds. The number of fused-ring (bicyclic) bond motifs is 1. The number of rotatable bonds is 7. The van der Waals surface area contributed by atoms with Gasteiger partial charge in [-0.15, -0.1) is 0 Å². The van der Waals surface area contributed by atoms with Crippen LogP contribution in [0.5, 0.6) is 0 Å². The number of aryl methyl sites for hydroxylation is 1. The van der Waals surface area contributed by atoms with E-state index in [1.165, 1.54) is 0 Å². The lowest BCUT2D eigenvalue weighted by atomic mass is 10.1. The molecule has 4 rings (SSSR count). The van der Waals surface area contributed by atoms with Crippen molar-refractivity contribution >= 4 is 22.5 Å². The minimum Gasteiger partial charge on any atom is -0.457 e. The van der Waals surface area contributed by atoms with Gasteiger partial charge in [0.25, 0.3) is 5.56 Å². The minimum absolute atomic E-state index is 0.136. The molecule has 31 heavy (non-hydrogen) atoms. The minimum atomic E-state index is -0.578. The Balaban J connectivity index is 1.41. The van der Waals surface area contributed by atoms with Crippen LogP contribution in [0.2, 0.25) is 0 Å². The van der Waals surface area contributed by atoms with E-state index in [1.807, 2.05) is 19.9 Å². The summed E-state index contributed by atoms with van der Waals surface area (Å²) in [5.74, 6) is -0.828. The van der Waals surface area contributed by atoms with Gasteiger partial charge in [0.1, 0.15) is 0 Å². The smallest absolute Gasteiger partial charge is 0.312 e. The topological polar surface area (TPSA) is 103 Å². The summed E-state index contributed by atoms with van der Waals surface area (Å²) in [4.78, 5) is 36.9. The average Bonchev–Trinajstić information content (AvgIpc) is 3.38. The van der Waals surface area contributed by atoms with Gasteiger partial charge >= 0.3 is 5.97 Å². The van der Waals surface area contributed by atoms with Crippen LogP contribution in [-0.2, 0) is 27.2 Å². The zero-order chi connectivity index (χ0) is 22.0. The number of aromatic nitrogens is 3. The number of benzene rings is 1. The lowest BCUT2D eigenvalue weighted by molar-refractivity contribution is -0.141. The third kappa shape index (κ3) is 4.44. The second-order valence-corrected chi connectivity index (χ2v) is 7.84. The normalized spacial score (nSPS) is 16.0. The van der Waals surface area contributed by atoms with Crippen LogP contribution in [-0.4, -0.2) is 45.8 Å². The van der Waals surface area contributed by atoms with Crippen molar-refractivity contribution in [1.82, 2.24) is 14.8 Å². The largest absolute Gasteiger partial charge is 0.457 e. The predicted octanol–water partition coefficient (Wildman–Crippen LogP) is 2.49. The quantitative estimate of drug-likeness (QED) is 0.463. The van der Waals surface area contributed by atoms with E-state index in [-0.39, 0.29) is 30.5 Å². The molecule has 1 saturated heterocycles. The highest BCUT2D eigenvalue weighted by atomic mass is 16.5. The molecule has 0 unspecified atom stereocenters. The summed E-state index contributed by atoms with van der Waals surface area (Å²) in [6, 6.07) is 8.74. The molecule has 0 aliphatic carbocycles. The summed E-state index contributed by atoms with van der Waals surface area (Å²) >= 11 is 0. The summed E-state index contributed by atoms with van der Waals surface area (Å²) in [5.41, 5.74) is 2.47. The zero-order valence-corrected chi connectivity index (χ0v) is 17.6. The van der Waals surface area contributed by atoms with Gasteiger partial charge in [0.15, 0.2) is 6.61 Å². The van der Waals surface area contributed by atoms with E-state index >= 15 is 0 Å². The van der Waals surface area contributed by atoms with Crippen LogP contribution in [0, 0.1) is 13.8 Å². The van der Waals surface area contributed by atoms with Gasteiger partial charge in [-0.05, 0) is 38.8 Å². The first-order valence-electron chi connectivity index (χ1n) is 10.4. The van der Waals surface area contributed by atoms with Crippen LogP contribution in [0.15, 0.2) is 35.1 Å². The Morgan fingerprint density at radius 3 is 2.77 bits per heavy atom. The number of Topliss-reactive ketones (excluding diaryl/α,β-unsaturated/α-hetero) is 1. The van der Waals surface area contributed by atoms with Gasteiger partial charge < -0.3 is 14.0 Å². The number of nitrogens with zero attached hydrogens (tertiary/aromatic N) is 2. The van der Waals surface area contributed by atoms with Crippen LogP contribution < -0.4 is 5.56 Å². The van der Waals surface area contributed by atoms with Crippen molar-refractivity contribution in [3.05, 3.63) is 63.3 Å². The number of hydrogen-bond acceptors (Lipinski definition) is 6. The van der Waals surface area contributed by atoms with Gasteiger partial charge in [-0.25, -0.2) is 5.10 Å². The van der Waals surface area contributed by atoms with Crippen molar-refractivity contribution in [2.75, 3.05) is 13.2 Å². The molecule has 1 aliphatic heterocycles. The van der Waals surface area contributed by atoms with Crippen molar-refractivity contribution in [2.45, 2.75) is 45.8 Å². The molecular weight excluding hydrogens is 398 g/mol. The van der Waals surface area contributed by atoms with Gasteiger partial charge in [0.05, 0.1) is 23.6 Å². The van der Waals surface area contributed by atoms with E-state index < -0.39 is 5.97 Å². The molecule has 0 radical (unpaired) electrons. The fourth-order valence-electron chi connectivity index (χ4n) is 4.07. The Labute approximate surface area is 179 Å². The summed E-state index contributed by atoms with van der Waals surface area (Å²) in [6.45, 7) is 5.01. The molecule has 1 aromatic carbocycles. The van der Waals surface area contributed by atoms with E-state index in [0.29, 0.717) is 22.0 Å². The van der Waals surface area contributed by atoms with Crippen molar-refractivity contribution in [2.24, 2.45) is 0 Å². The fourth-order valence-corrected chi connectivity index (χ4v) is 4.07. The lowest BCUT2D eigenvalue weighted by Crippen LogP contribution is -2.19. The number of carbonyl (C=O) groups excluding carboxylic acids is 2. The van der Waals surface area contributed by atoms with E-state index in [1.54, 1.807) is 24.3 Å². The van der Waals surface area contributed by atoms with E-state index in [4.69, 9.17) is 9.47 Å². The molecule has 0 bridgehead atoms. The Kier molecular flexibility index (Phi) is 5.99. The SMILES string of the molecule is Cc1cc(C(=O)COC(=O)Cc2n[nH]c(=O)c3ccccc23)c(C)n1C[C@H]1CCCO1. The first-order valence-corrected chi connectivity index (χ1v) is 10.4. The number of ketones is 1. The predicted molar refractivity (Wildman–Crippen MR) is 114 cm³/mol. The van der Waals surface area contributed by atoms with Crippen LogP contribution in [0.4, 0.5) is 0 Å². The Morgan fingerprint density at radius 2 is 2.03 bits per heavy atom. The molecule has 8 nitrogen and oxygen atoms in total. The van der Waals surface area contributed by atoms with Gasteiger partial charge in [-0.1, -0.05) is 18.2 Å². The van der Waals surface area contributed by atoms with Crippen molar-refractivity contribution in [3.63, 3.8) is 0 Å². The van der Waals surface area contributed by atoms with Gasteiger partial charge in [-0.2, -0.15) is 5.10 Å². The first kappa shape index (κ1) is 21.0. The molecule has 162 valence electrons. The third-order valence-electron chi connectivity index (χ3n) is 5.74. The number of H-pyrrole nitrogens is 1. The van der Waals surface area contributed by atoms with E-state index in [0.717, 1.165) is 37.4 Å². The molecule has 8 heteroatoms. The number of nitrogens with one attached hydrogen (secondary N) is 1. The molecule has 1 aliphatic rings. The number of aromatic amines is 1. The summed E-state index contributed by atoms with van der Waals surface area (Å²) in [7, 11) is 0. The number of ether oxygens (including phenoxy) is 2. The van der Waals surface area contributed by atoms with Crippen molar-refractivity contribution in [3.8, 4) is 0 Å². The molecule has 3 aromatic rings. The highest BCUT2D eigenvalue weighted by molar-refractivity contribution is 5.99. The van der Waals surface area contributed by atoms with Crippen LogP contribution in [0.3, 0.4) is 0 Å². The van der Waals surface area contributed by atoms with Gasteiger partial charge in [0.2, 0.25) is 5.78 Å². The zero-order valence-electron chi connectivity index (χ0n) is 17.6. The Bertz CT molecular complexity index is 1190. The van der Waals surface area contributed by atoms with Crippen molar-refractivity contribution < 1.29 is 19.1 Å². The molecule has 1 N–H and O–H groups in total. The highest BCUT2D eigenvalue weighted by Gasteiger charge is 2.22. The molecular formula is C23H25N3O5. The monoisotopic (exact) mass is 423 g/mol. The maximum absolute atomic E-state index is 12.7. The molecule has 1 atom stereocenters. The van der Waals surface area contributed by atoms with Crippen LogP contribution >= 0.6 is 0 Å². The maximum Gasteiger partial charge on any atom is 0.312 e. The number of carbonyl (C=O) groups is 2. The number of esters is 1. The van der Waals surface area contributed by atoms with Gasteiger partial charge in [0, 0.05) is 35.5 Å². The first-order chi connectivity index (χ1) is 14.9. The van der Waals surface area contributed by atoms with E-state index in [2.05, 4.69) is 14.8 Å². The van der Waals surface area contributed by atoms with Gasteiger partial charge in [-0.3, -0.25) is 14.4 Å².